The van der Waals surface area contributed by atoms with Gasteiger partial charge in [0, 0.05) is 6.04 Å². The molecule has 1 N–H and O–H groups in total. The van der Waals surface area contributed by atoms with Gasteiger partial charge in [0.25, 0.3) is 0 Å². The molecule has 21 heavy (non-hydrogen) atoms. The molecule has 0 aromatic heterocycles. The number of rotatable bonds is 2. The predicted molar refractivity (Wildman–Crippen MR) is 82.9 cm³/mol. The molecule has 0 radical (unpaired) electrons. The van der Waals surface area contributed by atoms with E-state index in [9.17, 15) is 4.79 Å². The molecule has 1 aliphatic heterocycles. The molecule has 2 aliphatic carbocycles. The molecule has 1 heterocycles. The van der Waals surface area contributed by atoms with Crippen molar-refractivity contribution in [3.8, 4) is 0 Å². The Labute approximate surface area is 126 Å². The van der Waals surface area contributed by atoms with Crippen LogP contribution in [-0.2, 0) is 4.79 Å². The standard InChI is InChI=1S/C18H24N2O/c1-12-7-8-15(13(2)11-12)16-19-18(9-10-18)17(21)20(16)14-5-3-4-6-14/h7-8,11,14,16,19H,3-6,9-10H2,1-2H3. The lowest BCUT2D eigenvalue weighted by molar-refractivity contribution is -0.133. The summed E-state index contributed by atoms with van der Waals surface area (Å²) >= 11 is 0. The van der Waals surface area contributed by atoms with Crippen LogP contribution in [0.3, 0.4) is 0 Å². The van der Waals surface area contributed by atoms with Crippen molar-refractivity contribution < 1.29 is 4.79 Å². The van der Waals surface area contributed by atoms with Crippen LogP contribution < -0.4 is 5.32 Å². The number of nitrogens with zero attached hydrogens (tertiary/aromatic N) is 1. The van der Waals surface area contributed by atoms with Gasteiger partial charge in [0.1, 0.15) is 11.7 Å². The summed E-state index contributed by atoms with van der Waals surface area (Å²) in [6, 6.07) is 7.04. The maximum atomic E-state index is 12.9. The van der Waals surface area contributed by atoms with Crippen LogP contribution in [0.25, 0.3) is 0 Å². The van der Waals surface area contributed by atoms with Gasteiger partial charge in [0.05, 0.1) is 0 Å². The topological polar surface area (TPSA) is 32.3 Å². The van der Waals surface area contributed by atoms with E-state index in [1.165, 1.54) is 42.4 Å². The second kappa shape index (κ2) is 4.57. The van der Waals surface area contributed by atoms with Crippen LogP contribution in [-0.4, -0.2) is 22.4 Å². The molecule has 3 aliphatic rings. The first-order valence-corrected chi connectivity index (χ1v) is 8.28. The third-order valence-electron chi connectivity index (χ3n) is 5.52. The molecule has 1 aromatic rings. The Morgan fingerprint density at radius 1 is 1.19 bits per heavy atom. The first kappa shape index (κ1) is 13.3. The fourth-order valence-electron chi connectivity index (χ4n) is 4.16. The first-order chi connectivity index (χ1) is 10.1. The number of aryl methyl sites for hydroxylation is 2. The lowest BCUT2D eigenvalue weighted by atomic mass is 10.0. The van der Waals surface area contributed by atoms with E-state index in [2.05, 4.69) is 42.3 Å². The fourth-order valence-corrected chi connectivity index (χ4v) is 4.16. The van der Waals surface area contributed by atoms with Crippen molar-refractivity contribution in [1.29, 1.82) is 0 Å². The van der Waals surface area contributed by atoms with Crippen molar-refractivity contribution in [2.45, 2.75) is 70.1 Å². The van der Waals surface area contributed by atoms with E-state index < -0.39 is 0 Å². The molecule has 3 nitrogen and oxygen atoms in total. The lowest BCUT2D eigenvalue weighted by Crippen LogP contribution is -2.39. The van der Waals surface area contributed by atoms with Gasteiger partial charge in [-0.2, -0.15) is 0 Å². The Kier molecular flexibility index (Phi) is 2.90. The average molecular weight is 284 g/mol. The number of carbonyl (C=O) groups is 1. The van der Waals surface area contributed by atoms with E-state index in [0.717, 1.165) is 12.8 Å². The van der Waals surface area contributed by atoms with Crippen molar-refractivity contribution in [2.75, 3.05) is 0 Å². The number of carbonyl (C=O) groups excluding carboxylic acids is 1. The molecule has 1 spiro atoms. The molecule has 1 aromatic carbocycles. The van der Waals surface area contributed by atoms with Gasteiger partial charge < -0.3 is 4.90 Å². The third kappa shape index (κ3) is 2.02. The van der Waals surface area contributed by atoms with Gasteiger partial charge in [0.2, 0.25) is 5.91 Å². The number of amides is 1. The van der Waals surface area contributed by atoms with E-state index in [0.29, 0.717) is 11.9 Å². The zero-order chi connectivity index (χ0) is 14.6. The molecule has 0 bridgehead atoms. The number of hydrogen-bond acceptors (Lipinski definition) is 2. The molecule has 112 valence electrons. The summed E-state index contributed by atoms with van der Waals surface area (Å²) < 4.78 is 0. The predicted octanol–water partition coefficient (Wildman–Crippen LogP) is 3.21. The van der Waals surface area contributed by atoms with Crippen LogP contribution in [0.15, 0.2) is 18.2 Å². The smallest absolute Gasteiger partial charge is 0.244 e. The fraction of sp³-hybridized carbons (Fsp3) is 0.611. The van der Waals surface area contributed by atoms with E-state index in [1.807, 2.05) is 0 Å². The summed E-state index contributed by atoms with van der Waals surface area (Å²) in [5.74, 6) is 0.361. The highest BCUT2D eigenvalue weighted by molar-refractivity contribution is 5.92. The van der Waals surface area contributed by atoms with Gasteiger partial charge in [-0.1, -0.05) is 36.6 Å². The molecule has 2 saturated carbocycles. The van der Waals surface area contributed by atoms with Crippen molar-refractivity contribution in [1.82, 2.24) is 10.2 Å². The van der Waals surface area contributed by atoms with Gasteiger partial charge >= 0.3 is 0 Å². The zero-order valence-electron chi connectivity index (χ0n) is 13.0. The SMILES string of the molecule is Cc1ccc(C2NC3(CC3)C(=O)N2C2CCCC2)c(C)c1. The normalized spacial score (nSPS) is 27.8. The Morgan fingerprint density at radius 3 is 2.52 bits per heavy atom. The molecule has 3 fully saturated rings. The highest BCUT2D eigenvalue weighted by Crippen LogP contribution is 2.48. The minimum Gasteiger partial charge on any atom is -0.318 e. The van der Waals surface area contributed by atoms with Crippen molar-refractivity contribution in [3.05, 3.63) is 34.9 Å². The van der Waals surface area contributed by atoms with Gasteiger partial charge in [-0.3, -0.25) is 10.1 Å². The summed E-state index contributed by atoms with van der Waals surface area (Å²) in [5, 5.41) is 3.67. The van der Waals surface area contributed by atoms with E-state index in [-0.39, 0.29) is 11.7 Å². The van der Waals surface area contributed by atoms with Crippen LogP contribution in [0.4, 0.5) is 0 Å². The second-order valence-corrected chi connectivity index (χ2v) is 7.14. The Morgan fingerprint density at radius 2 is 1.90 bits per heavy atom. The Bertz CT molecular complexity index is 585. The third-order valence-corrected chi connectivity index (χ3v) is 5.52. The summed E-state index contributed by atoms with van der Waals surface area (Å²) in [4.78, 5) is 15.1. The van der Waals surface area contributed by atoms with Gasteiger partial charge in [-0.15, -0.1) is 0 Å². The molecule has 3 heteroatoms. The molecule has 4 rings (SSSR count). The van der Waals surface area contributed by atoms with Crippen LogP contribution >= 0.6 is 0 Å². The largest absolute Gasteiger partial charge is 0.318 e. The van der Waals surface area contributed by atoms with Gasteiger partial charge in [-0.05, 0) is 50.7 Å². The van der Waals surface area contributed by atoms with E-state index in [1.54, 1.807) is 0 Å². The summed E-state index contributed by atoms with van der Waals surface area (Å²) in [7, 11) is 0. The highest BCUT2D eigenvalue weighted by Gasteiger charge is 2.60. The van der Waals surface area contributed by atoms with Crippen LogP contribution in [0.1, 0.15) is 61.4 Å². The highest BCUT2D eigenvalue weighted by atomic mass is 16.2. The average Bonchev–Trinajstić information content (AvgIpc) is 2.91. The Hall–Kier alpha value is -1.35. The second-order valence-electron chi connectivity index (χ2n) is 7.14. The number of benzene rings is 1. The van der Waals surface area contributed by atoms with Crippen LogP contribution in [0.2, 0.25) is 0 Å². The molecular weight excluding hydrogens is 260 g/mol. The van der Waals surface area contributed by atoms with Crippen molar-refractivity contribution in [2.24, 2.45) is 0 Å². The molecule has 1 amide bonds. The minimum absolute atomic E-state index is 0.0868. The monoisotopic (exact) mass is 284 g/mol. The number of nitrogens with one attached hydrogen (secondary N) is 1. The van der Waals surface area contributed by atoms with E-state index >= 15 is 0 Å². The summed E-state index contributed by atoms with van der Waals surface area (Å²) in [6.45, 7) is 4.29. The number of hydrogen-bond donors (Lipinski definition) is 1. The lowest BCUT2D eigenvalue weighted by Gasteiger charge is -2.31. The first-order valence-electron chi connectivity index (χ1n) is 8.28. The maximum absolute atomic E-state index is 12.9. The maximum Gasteiger partial charge on any atom is 0.244 e. The van der Waals surface area contributed by atoms with Crippen molar-refractivity contribution in [3.63, 3.8) is 0 Å². The summed E-state index contributed by atoms with van der Waals surface area (Å²) in [5.41, 5.74) is 3.64. The van der Waals surface area contributed by atoms with Gasteiger partial charge in [-0.25, -0.2) is 0 Å². The minimum atomic E-state index is -0.218. The van der Waals surface area contributed by atoms with Crippen LogP contribution in [0, 0.1) is 13.8 Å². The Balaban J connectivity index is 1.72. The molecule has 1 unspecified atom stereocenters. The quantitative estimate of drug-likeness (QED) is 0.904. The van der Waals surface area contributed by atoms with Crippen molar-refractivity contribution >= 4 is 5.91 Å². The van der Waals surface area contributed by atoms with Crippen LogP contribution in [0.5, 0.6) is 0 Å². The molecule has 1 saturated heterocycles. The molecule has 1 atom stereocenters. The van der Waals surface area contributed by atoms with Gasteiger partial charge in [0.15, 0.2) is 0 Å². The van der Waals surface area contributed by atoms with E-state index in [4.69, 9.17) is 0 Å². The zero-order valence-corrected chi connectivity index (χ0v) is 13.0. The summed E-state index contributed by atoms with van der Waals surface area (Å²) in [6.07, 6.45) is 6.98. The molecular formula is C18H24N2O.